The van der Waals surface area contributed by atoms with Crippen LogP contribution in [0.5, 0.6) is 0 Å². The highest BCUT2D eigenvalue weighted by Crippen LogP contribution is 2.34. The molecule has 1 atom stereocenters. The first-order valence-electron chi connectivity index (χ1n) is 6.74. The first kappa shape index (κ1) is 16.7. The van der Waals surface area contributed by atoms with Gasteiger partial charge in [-0.3, -0.25) is 10.0 Å². The van der Waals surface area contributed by atoms with Gasteiger partial charge in [-0.05, 0) is 24.5 Å². The molecule has 0 spiro atoms. The van der Waals surface area contributed by atoms with E-state index in [1.807, 2.05) is 0 Å². The van der Waals surface area contributed by atoms with Crippen LogP contribution in [0, 0.1) is 0 Å². The van der Waals surface area contributed by atoms with Crippen molar-refractivity contribution in [3.05, 3.63) is 34.9 Å². The van der Waals surface area contributed by atoms with Crippen LogP contribution in [0.25, 0.3) is 0 Å². The van der Waals surface area contributed by atoms with E-state index in [-0.39, 0.29) is 22.5 Å². The predicted molar refractivity (Wildman–Crippen MR) is 77.6 cm³/mol. The maximum absolute atomic E-state index is 13.1. The molecule has 2 N–H and O–H groups in total. The van der Waals surface area contributed by atoms with Gasteiger partial charge < -0.3 is 4.90 Å². The minimum absolute atomic E-state index is 0.174. The summed E-state index contributed by atoms with van der Waals surface area (Å²) in [5.74, 6) is -0.616. The highest BCUT2D eigenvalue weighted by Gasteiger charge is 2.37. The summed E-state index contributed by atoms with van der Waals surface area (Å²) in [4.78, 5) is 13.1. The van der Waals surface area contributed by atoms with Gasteiger partial charge in [-0.25, -0.2) is 5.48 Å². The van der Waals surface area contributed by atoms with Gasteiger partial charge in [0, 0.05) is 12.1 Å². The molecule has 4 nitrogen and oxygen atoms in total. The maximum atomic E-state index is 13.1. The second-order valence-electron chi connectivity index (χ2n) is 5.00. The molecular formula is C14H15F3N2O2S. The second-order valence-corrected chi connectivity index (χ2v) is 5.39. The minimum atomic E-state index is -4.45. The van der Waals surface area contributed by atoms with Crippen LogP contribution in [0.4, 0.5) is 13.2 Å². The number of carbonyl (C=O) groups is 1. The fraction of sp³-hybridized carbons (Fsp3) is 0.429. The van der Waals surface area contributed by atoms with Gasteiger partial charge in [0.05, 0.1) is 5.56 Å². The molecule has 1 aromatic carbocycles. The van der Waals surface area contributed by atoms with Crippen LogP contribution in [0.1, 0.15) is 30.0 Å². The van der Waals surface area contributed by atoms with E-state index in [1.165, 1.54) is 22.5 Å². The zero-order valence-corrected chi connectivity index (χ0v) is 12.6. The minimum Gasteiger partial charge on any atom is -0.350 e. The molecule has 0 aromatic heterocycles. The van der Waals surface area contributed by atoms with Crippen LogP contribution in [0.15, 0.2) is 18.2 Å². The molecule has 0 unspecified atom stereocenters. The molecule has 1 saturated heterocycles. The third kappa shape index (κ3) is 3.07. The van der Waals surface area contributed by atoms with Crippen molar-refractivity contribution in [3.63, 3.8) is 0 Å². The number of likely N-dealkylation sites (tertiary alicyclic amines) is 1. The zero-order valence-electron chi connectivity index (χ0n) is 11.8. The molecule has 0 aliphatic carbocycles. The molecule has 1 fully saturated rings. The van der Waals surface area contributed by atoms with Gasteiger partial charge in [0.25, 0.3) is 5.91 Å². The monoisotopic (exact) mass is 332 g/mol. The summed E-state index contributed by atoms with van der Waals surface area (Å²) in [5.41, 5.74) is 1.27. The Bertz CT molecular complexity index is 604. The average molecular weight is 332 g/mol. The molecule has 120 valence electrons. The average Bonchev–Trinajstić information content (AvgIpc) is 2.44. The second kappa shape index (κ2) is 6.21. The summed E-state index contributed by atoms with van der Waals surface area (Å²) < 4.78 is 39.2. The Labute approximate surface area is 130 Å². The molecule has 0 saturated carbocycles. The van der Waals surface area contributed by atoms with Gasteiger partial charge in [-0.15, -0.1) is 0 Å². The summed E-state index contributed by atoms with van der Waals surface area (Å²) in [7, 11) is 0. The summed E-state index contributed by atoms with van der Waals surface area (Å²) in [6.45, 7) is 2.12. The third-order valence-corrected chi connectivity index (χ3v) is 4.21. The first-order valence-corrected chi connectivity index (χ1v) is 7.15. The number of benzene rings is 1. The Morgan fingerprint density at radius 3 is 2.64 bits per heavy atom. The number of hydrogen-bond donors (Lipinski definition) is 2. The standard InChI is InChI=1S/C14H15F3N2O2S/c1-2-8-3-4-9(7-10(8)14(15,16)17)13(22)19-6-5-11(19)12(20)18-21/h3-4,7,11,21H,2,5-6H2,1H3,(H,18,20)/t11-/m1/s1. The van der Waals surface area contributed by atoms with Crippen LogP contribution in [0.3, 0.4) is 0 Å². The Hall–Kier alpha value is -1.67. The van der Waals surface area contributed by atoms with Crippen molar-refractivity contribution in [1.82, 2.24) is 10.4 Å². The molecule has 8 heteroatoms. The van der Waals surface area contributed by atoms with Crippen LogP contribution in [-0.2, 0) is 17.4 Å². The highest BCUT2D eigenvalue weighted by atomic mass is 32.1. The van der Waals surface area contributed by atoms with E-state index in [9.17, 15) is 18.0 Å². The van der Waals surface area contributed by atoms with Crippen molar-refractivity contribution >= 4 is 23.1 Å². The van der Waals surface area contributed by atoms with E-state index in [4.69, 9.17) is 17.4 Å². The maximum Gasteiger partial charge on any atom is 0.416 e. The number of nitrogens with zero attached hydrogens (tertiary/aromatic N) is 1. The van der Waals surface area contributed by atoms with Crippen LogP contribution in [0.2, 0.25) is 0 Å². The first-order chi connectivity index (χ1) is 10.3. The number of carbonyl (C=O) groups excluding carboxylic acids is 1. The van der Waals surface area contributed by atoms with Crippen molar-refractivity contribution in [2.24, 2.45) is 0 Å². The number of hydrogen-bond acceptors (Lipinski definition) is 3. The summed E-state index contributed by atoms with van der Waals surface area (Å²) >= 11 is 5.20. The third-order valence-electron chi connectivity index (χ3n) is 3.74. The van der Waals surface area contributed by atoms with E-state index in [0.29, 0.717) is 13.0 Å². The number of halogens is 3. The normalized spacial score (nSPS) is 17.9. The quantitative estimate of drug-likeness (QED) is 0.507. The van der Waals surface area contributed by atoms with Crippen molar-refractivity contribution in [2.45, 2.75) is 32.0 Å². The lowest BCUT2D eigenvalue weighted by atomic mass is 9.98. The fourth-order valence-corrected chi connectivity index (χ4v) is 2.77. The molecule has 1 aromatic rings. The number of aryl methyl sites for hydroxylation is 1. The molecule has 0 radical (unpaired) electrons. The number of amides is 1. The van der Waals surface area contributed by atoms with Crippen molar-refractivity contribution in [1.29, 1.82) is 0 Å². The SMILES string of the molecule is CCc1ccc(C(=S)N2CC[C@@H]2C(=O)NO)cc1C(F)(F)F. The molecule has 22 heavy (non-hydrogen) atoms. The van der Waals surface area contributed by atoms with E-state index in [1.54, 1.807) is 6.92 Å². The zero-order chi connectivity index (χ0) is 16.5. The van der Waals surface area contributed by atoms with Crippen molar-refractivity contribution in [3.8, 4) is 0 Å². The molecule has 2 rings (SSSR count). The van der Waals surface area contributed by atoms with Gasteiger partial charge in [-0.1, -0.05) is 31.3 Å². The number of rotatable bonds is 3. The van der Waals surface area contributed by atoms with Crippen LogP contribution < -0.4 is 5.48 Å². The predicted octanol–water partition coefficient (Wildman–Crippen LogP) is 2.52. The number of hydroxylamine groups is 1. The van der Waals surface area contributed by atoms with E-state index >= 15 is 0 Å². The van der Waals surface area contributed by atoms with Gasteiger partial charge in [0.15, 0.2) is 0 Å². The number of alkyl halides is 3. The Kier molecular flexibility index (Phi) is 4.72. The Morgan fingerprint density at radius 1 is 1.50 bits per heavy atom. The van der Waals surface area contributed by atoms with Gasteiger partial charge in [0.1, 0.15) is 11.0 Å². The van der Waals surface area contributed by atoms with Crippen LogP contribution in [-0.4, -0.2) is 33.6 Å². The van der Waals surface area contributed by atoms with E-state index < -0.39 is 23.7 Å². The van der Waals surface area contributed by atoms with Crippen molar-refractivity contribution < 1.29 is 23.2 Å². The van der Waals surface area contributed by atoms with E-state index in [0.717, 1.165) is 6.07 Å². The van der Waals surface area contributed by atoms with Crippen LogP contribution >= 0.6 is 12.2 Å². The molecule has 1 aliphatic rings. The molecule has 1 amide bonds. The molecule has 1 aliphatic heterocycles. The molecular weight excluding hydrogens is 317 g/mol. The van der Waals surface area contributed by atoms with E-state index in [2.05, 4.69) is 0 Å². The summed E-state index contributed by atoms with van der Waals surface area (Å²) in [5, 5.41) is 8.64. The Balaban J connectivity index is 2.30. The lowest BCUT2D eigenvalue weighted by Gasteiger charge is -2.41. The molecule has 1 heterocycles. The lowest BCUT2D eigenvalue weighted by molar-refractivity contribution is -0.138. The number of thiocarbonyl (C=S) groups is 1. The lowest BCUT2D eigenvalue weighted by Crippen LogP contribution is -2.57. The fourth-order valence-electron chi connectivity index (χ4n) is 2.43. The topological polar surface area (TPSA) is 52.6 Å². The largest absolute Gasteiger partial charge is 0.416 e. The van der Waals surface area contributed by atoms with Gasteiger partial charge >= 0.3 is 6.18 Å². The highest BCUT2D eigenvalue weighted by molar-refractivity contribution is 7.80. The Morgan fingerprint density at radius 2 is 2.18 bits per heavy atom. The smallest absolute Gasteiger partial charge is 0.350 e. The van der Waals surface area contributed by atoms with Gasteiger partial charge in [-0.2, -0.15) is 13.2 Å². The summed E-state index contributed by atoms with van der Waals surface area (Å²) in [6, 6.07) is 3.32. The number of nitrogens with one attached hydrogen (secondary N) is 1. The van der Waals surface area contributed by atoms with Gasteiger partial charge in [0.2, 0.25) is 0 Å². The summed E-state index contributed by atoms with van der Waals surface area (Å²) in [6.07, 6.45) is -3.69. The molecule has 0 bridgehead atoms. The van der Waals surface area contributed by atoms with Crippen molar-refractivity contribution in [2.75, 3.05) is 6.54 Å².